The first kappa shape index (κ1) is 10.7. The summed E-state index contributed by atoms with van der Waals surface area (Å²) < 4.78 is 1.65. The Balaban J connectivity index is 2.00. The molecule has 0 amide bonds. The van der Waals surface area contributed by atoms with Crippen LogP contribution in [0.4, 0.5) is 0 Å². The van der Waals surface area contributed by atoms with Gasteiger partial charge in [-0.25, -0.2) is 9.67 Å². The topological polar surface area (TPSA) is 56.7 Å². The largest absolute Gasteiger partial charge is 0.321 e. The van der Waals surface area contributed by atoms with Crippen molar-refractivity contribution in [3.8, 4) is 5.69 Å². The highest BCUT2D eigenvalue weighted by Gasteiger charge is 2.34. The van der Waals surface area contributed by atoms with Crippen LogP contribution in [0.15, 0.2) is 30.9 Å². The second-order valence-electron chi connectivity index (χ2n) is 4.52. The third-order valence-electron chi connectivity index (χ3n) is 3.43. The van der Waals surface area contributed by atoms with Crippen LogP contribution < -0.4 is 5.73 Å². The quantitative estimate of drug-likeness (QED) is 0.887. The summed E-state index contributed by atoms with van der Waals surface area (Å²) in [7, 11) is 0. The summed E-state index contributed by atoms with van der Waals surface area (Å²) in [5.74, 6) is 0. The van der Waals surface area contributed by atoms with Crippen molar-refractivity contribution in [3.05, 3.63) is 41.4 Å². The summed E-state index contributed by atoms with van der Waals surface area (Å²) in [6, 6.07) is 5.92. The highest BCUT2D eigenvalue weighted by Crippen LogP contribution is 2.40. The zero-order valence-electron chi connectivity index (χ0n) is 9.31. The van der Waals surface area contributed by atoms with Crippen LogP contribution in [0.5, 0.6) is 0 Å². The number of rotatable bonds is 2. The zero-order valence-corrected chi connectivity index (χ0v) is 10.1. The summed E-state index contributed by atoms with van der Waals surface area (Å²) >= 11 is 6.26. The van der Waals surface area contributed by atoms with E-state index >= 15 is 0 Å². The minimum Gasteiger partial charge on any atom is -0.321 e. The first-order chi connectivity index (χ1) is 8.19. The Labute approximate surface area is 104 Å². The summed E-state index contributed by atoms with van der Waals surface area (Å²) in [4.78, 5) is 3.91. The van der Waals surface area contributed by atoms with E-state index in [1.54, 1.807) is 11.0 Å². The van der Waals surface area contributed by atoms with E-state index in [1.165, 1.54) is 12.7 Å². The van der Waals surface area contributed by atoms with E-state index in [-0.39, 0.29) is 5.54 Å². The minimum atomic E-state index is -0.176. The molecule has 1 fully saturated rings. The van der Waals surface area contributed by atoms with Crippen molar-refractivity contribution < 1.29 is 0 Å². The van der Waals surface area contributed by atoms with E-state index in [2.05, 4.69) is 10.1 Å². The first-order valence-corrected chi connectivity index (χ1v) is 6.01. The predicted octanol–water partition coefficient (Wildman–Crippen LogP) is 2.26. The lowest BCUT2D eigenvalue weighted by molar-refractivity contribution is 0.253. The molecule has 3 rings (SSSR count). The van der Waals surface area contributed by atoms with Gasteiger partial charge < -0.3 is 5.73 Å². The van der Waals surface area contributed by atoms with Gasteiger partial charge in [-0.2, -0.15) is 5.10 Å². The molecule has 0 aliphatic heterocycles. The lowest BCUT2D eigenvalue weighted by Gasteiger charge is -2.38. The molecule has 0 unspecified atom stereocenters. The van der Waals surface area contributed by atoms with Crippen molar-refractivity contribution in [1.82, 2.24) is 14.8 Å². The fraction of sp³-hybridized carbons (Fsp3) is 0.333. The molecule has 2 aromatic rings. The maximum atomic E-state index is 6.27. The van der Waals surface area contributed by atoms with Crippen LogP contribution in [0.1, 0.15) is 24.8 Å². The average molecular weight is 249 g/mol. The number of nitrogens with zero attached hydrogens (tertiary/aromatic N) is 3. The van der Waals surface area contributed by atoms with Crippen LogP contribution in [0.3, 0.4) is 0 Å². The Morgan fingerprint density at radius 3 is 2.71 bits per heavy atom. The molecule has 1 aromatic carbocycles. The number of hydrogen-bond donors (Lipinski definition) is 1. The van der Waals surface area contributed by atoms with Gasteiger partial charge in [0.1, 0.15) is 12.7 Å². The molecular formula is C12H13ClN4. The van der Waals surface area contributed by atoms with Gasteiger partial charge >= 0.3 is 0 Å². The lowest BCUT2D eigenvalue weighted by atomic mass is 9.73. The van der Waals surface area contributed by atoms with Gasteiger partial charge in [-0.15, -0.1) is 0 Å². The minimum absolute atomic E-state index is 0.176. The van der Waals surface area contributed by atoms with Gasteiger partial charge in [0.05, 0.1) is 10.7 Å². The maximum Gasteiger partial charge on any atom is 0.138 e. The smallest absolute Gasteiger partial charge is 0.138 e. The van der Waals surface area contributed by atoms with Gasteiger partial charge in [0.2, 0.25) is 0 Å². The van der Waals surface area contributed by atoms with Crippen molar-refractivity contribution in [1.29, 1.82) is 0 Å². The van der Waals surface area contributed by atoms with E-state index in [1.807, 2.05) is 18.2 Å². The molecule has 4 nitrogen and oxygen atoms in total. The number of halogens is 1. The van der Waals surface area contributed by atoms with Gasteiger partial charge in [-0.1, -0.05) is 17.7 Å². The van der Waals surface area contributed by atoms with Crippen molar-refractivity contribution >= 4 is 11.6 Å². The Hall–Kier alpha value is -1.39. The van der Waals surface area contributed by atoms with Gasteiger partial charge in [-0.3, -0.25) is 0 Å². The number of hydrogen-bond acceptors (Lipinski definition) is 3. The fourth-order valence-electron chi connectivity index (χ4n) is 2.18. The summed E-state index contributed by atoms with van der Waals surface area (Å²) in [5.41, 5.74) is 8.03. The van der Waals surface area contributed by atoms with Crippen molar-refractivity contribution in [3.63, 3.8) is 0 Å². The Morgan fingerprint density at radius 2 is 2.18 bits per heavy atom. The van der Waals surface area contributed by atoms with Gasteiger partial charge in [0.15, 0.2) is 0 Å². The van der Waals surface area contributed by atoms with Crippen molar-refractivity contribution in [2.24, 2.45) is 5.73 Å². The van der Waals surface area contributed by atoms with E-state index in [0.29, 0.717) is 5.02 Å². The molecule has 88 valence electrons. The molecule has 1 heterocycles. The average Bonchev–Trinajstić information content (AvgIpc) is 2.79. The van der Waals surface area contributed by atoms with Crippen LogP contribution >= 0.6 is 11.6 Å². The molecule has 0 radical (unpaired) electrons. The van der Waals surface area contributed by atoms with E-state index < -0.39 is 0 Å². The van der Waals surface area contributed by atoms with E-state index in [9.17, 15) is 0 Å². The fourth-order valence-corrected chi connectivity index (χ4v) is 2.45. The van der Waals surface area contributed by atoms with Crippen molar-refractivity contribution in [2.75, 3.05) is 0 Å². The van der Waals surface area contributed by atoms with Crippen LogP contribution in [0.2, 0.25) is 5.02 Å². The Bertz CT molecular complexity index is 531. The van der Waals surface area contributed by atoms with Gasteiger partial charge in [0, 0.05) is 5.54 Å². The third kappa shape index (κ3) is 1.73. The van der Waals surface area contributed by atoms with Crippen LogP contribution in [-0.4, -0.2) is 14.8 Å². The Kier molecular flexibility index (Phi) is 2.42. The molecule has 17 heavy (non-hydrogen) atoms. The van der Waals surface area contributed by atoms with E-state index in [4.69, 9.17) is 17.3 Å². The molecule has 1 aromatic heterocycles. The summed E-state index contributed by atoms with van der Waals surface area (Å²) in [6.45, 7) is 0. The molecule has 2 N–H and O–H groups in total. The first-order valence-electron chi connectivity index (χ1n) is 5.63. The van der Waals surface area contributed by atoms with Crippen molar-refractivity contribution in [2.45, 2.75) is 24.8 Å². The molecule has 0 bridgehead atoms. The molecule has 0 saturated heterocycles. The number of benzene rings is 1. The highest BCUT2D eigenvalue weighted by molar-refractivity contribution is 6.32. The zero-order chi connectivity index (χ0) is 11.9. The maximum absolute atomic E-state index is 6.27. The second-order valence-corrected chi connectivity index (χ2v) is 4.92. The summed E-state index contributed by atoms with van der Waals surface area (Å²) in [6.07, 6.45) is 6.37. The summed E-state index contributed by atoms with van der Waals surface area (Å²) in [5, 5.41) is 4.72. The van der Waals surface area contributed by atoms with Crippen LogP contribution in [0, 0.1) is 0 Å². The van der Waals surface area contributed by atoms with Gasteiger partial charge in [0.25, 0.3) is 0 Å². The molecular weight excluding hydrogens is 236 g/mol. The second kappa shape index (κ2) is 3.82. The molecule has 0 atom stereocenters. The molecule has 1 aliphatic carbocycles. The van der Waals surface area contributed by atoms with Crippen LogP contribution in [0.25, 0.3) is 5.69 Å². The third-order valence-corrected chi connectivity index (χ3v) is 3.74. The standard InChI is InChI=1S/C12H13ClN4/c13-10-6-9(12(14)4-1-5-12)2-3-11(10)17-8-15-7-16-17/h2-3,6-8H,1,4-5,14H2. The lowest BCUT2D eigenvalue weighted by Crippen LogP contribution is -2.43. The number of nitrogens with two attached hydrogens (primary N) is 1. The van der Waals surface area contributed by atoms with E-state index in [0.717, 1.165) is 24.1 Å². The normalized spacial score (nSPS) is 17.8. The number of aromatic nitrogens is 3. The molecule has 5 heteroatoms. The van der Waals surface area contributed by atoms with Gasteiger partial charge in [-0.05, 0) is 37.0 Å². The predicted molar refractivity (Wildman–Crippen MR) is 66.1 cm³/mol. The van der Waals surface area contributed by atoms with Crippen LogP contribution in [-0.2, 0) is 5.54 Å². The molecule has 1 aliphatic rings. The SMILES string of the molecule is NC1(c2ccc(-n3cncn3)c(Cl)c2)CCC1. The Morgan fingerprint density at radius 1 is 1.35 bits per heavy atom. The molecule has 1 saturated carbocycles. The molecule has 0 spiro atoms. The highest BCUT2D eigenvalue weighted by atomic mass is 35.5. The monoisotopic (exact) mass is 248 g/mol.